The highest BCUT2D eigenvalue weighted by molar-refractivity contribution is 5.41. The molecule has 118 valence electrons. The lowest BCUT2D eigenvalue weighted by atomic mass is 10.1. The highest BCUT2D eigenvalue weighted by Gasteiger charge is 2.17. The summed E-state index contributed by atoms with van der Waals surface area (Å²) in [6.45, 7) is 1.53. The predicted octanol–water partition coefficient (Wildman–Crippen LogP) is 2.32. The van der Waals surface area contributed by atoms with Crippen molar-refractivity contribution >= 4 is 0 Å². The van der Waals surface area contributed by atoms with Gasteiger partial charge in [-0.1, -0.05) is 0 Å². The molecule has 0 aromatic heterocycles. The second kappa shape index (κ2) is 8.22. The fourth-order valence-electron chi connectivity index (χ4n) is 2.44. The number of ether oxygens (including phenoxy) is 4. The van der Waals surface area contributed by atoms with Gasteiger partial charge in [0.1, 0.15) is 17.6 Å². The van der Waals surface area contributed by atoms with E-state index in [0.717, 1.165) is 19.4 Å². The number of rotatable bonds is 7. The highest BCUT2D eigenvalue weighted by atomic mass is 16.5. The smallest absolute Gasteiger partial charge is 0.125 e. The van der Waals surface area contributed by atoms with Crippen LogP contribution in [0.3, 0.4) is 0 Å². The van der Waals surface area contributed by atoms with Crippen LogP contribution < -0.4 is 9.47 Å². The Labute approximate surface area is 125 Å². The molecule has 0 bridgehead atoms. The van der Waals surface area contributed by atoms with Gasteiger partial charge in [-0.3, -0.25) is 0 Å². The van der Waals surface area contributed by atoms with E-state index in [4.69, 9.17) is 18.9 Å². The first-order chi connectivity index (χ1) is 10.2. The lowest BCUT2D eigenvalue weighted by molar-refractivity contribution is -0.0576. The van der Waals surface area contributed by atoms with Crippen molar-refractivity contribution in [1.29, 1.82) is 0 Å². The summed E-state index contributed by atoms with van der Waals surface area (Å²) >= 11 is 0. The molecule has 2 rings (SSSR count). The Morgan fingerprint density at radius 1 is 1.29 bits per heavy atom. The zero-order valence-corrected chi connectivity index (χ0v) is 12.7. The molecule has 1 aromatic rings. The van der Waals surface area contributed by atoms with Crippen molar-refractivity contribution in [3.05, 3.63) is 23.8 Å². The third-order valence-corrected chi connectivity index (χ3v) is 3.65. The Morgan fingerprint density at radius 2 is 2.14 bits per heavy atom. The molecule has 0 spiro atoms. The summed E-state index contributed by atoms with van der Waals surface area (Å²) in [5, 5.41) is 10.3. The maximum atomic E-state index is 10.3. The van der Waals surface area contributed by atoms with Crippen molar-refractivity contribution in [3.63, 3.8) is 0 Å². The van der Waals surface area contributed by atoms with Gasteiger partial charge in [0, 0.05) is 12.2 Å². The highest BCUT2D eigenvalue weighted by Crippen LogP contribution is 2.29. The fraction of sp³-hybridized carbons (Fsp3) is 0.625. The summed E-state index contributed by atoms with van der Waals surface area (Å²) in [6.07, 6.45) is 2.73. The van der Waals surface area contributed by atoms with Gasteiger partial charge in [0.05, 0.1) is 33.5 Å². The number of benzene rings is 1. The third-order valence-electron chi connectivity index (χ3n) is 3.65. The molecule has 1 aliphatic heterocycles. The van der Waals surface area contributed by atoms with Crippen LogP contribution in [0.15, 0.2) is 18.2 Å². The van der Waals surface area contributed by atoms with Gasteiger partial charge in [0.2, 0.25) is 0 Å². The SMILES string of the molecule is COc1ccc(OC)c(C(O)COCC2CCCCO2)c1. The van der Waals surface area contributed by atoms with Crippen LogP contribution in [-0.4, -0.2) is 45.3 Å². The molecule has 2 atom stereocenters. The lowest BCUT2D eigenvalue weighted by Crippen LogP contribution is -2.25. The van der Waals surface area contributed by atoms with E-state index in [1.54, 1.807) is 32.4 Å². The standard InChI is InChI=1S/C16H24O5/c1-18-12-6-7-16(19-2)14(9-12)15(17)11-20-10-13-5-3-4-8-21-13/h6-7,9,13,15,17H,3-5,8,10-11H2,1-2H3. The van der Waals surface area contributed by atoms with E-state index in [-0.39, 0.29) is 12.7 Å². The van der Waals surface area contributed by atoms with E-state index in [1.165, 1.54) is 6.42 Å². The molecule has 21 heavy (non-hydrogen) atoms. The third kappa shape index (κ3) is 4.59. The molecule has 1 aromatic carbocycles. The van der Waals surface area contributed by atoms with Crippen LogP contribution in [0, 0.1) is 0 Å². The van der Waals surface area contributed by atoms with Crippen LogP contribution in [-0.2, 0) is 9.47 Å². The summed E-state index contributed by atoms with van der Waals surface area (Å²) in [5.41, 5.74) is 0.668. The second-order valence-electron chi connectivity index (χ2n) is 5.15. The van der Waals surface area contributed by atoms with Gasteiger partial charge < -0.3 is 24.1 Å². The van der Waals surface area contributed by atoms with Crippen molar-refractivity contribution in [2.45, 2.75) is 31.5 Å². The molecule has 1 saturated heterocycles. The molecular weight excluding hydrogens is 272 g/mol. The number of aliphatic hydroxyl groups excluding tert-OH is 1. The Morgan fingerprint density at radius 3 is 2.81 bits per heavy atom. The number of hydrogen-bond donors (Lipinski definition) is 1. The molecule has 1 fully saturated rings. The molecule has 2 unspecified atom stereocenters. The Balaban J connectivity index is 1.88. The van der Waals surface area contributed by atoms with Crippen molar-refractivity contribution in [1.82, 2.24) is 0 Å². The molecule has 1 N–H and O–H groups in total. The number of methoxy groups -OCH3 is 2. The minimum Gasteiger partial charge on any atom is -0.497 e. The van der Waals surface area contributed by atoms with Gasteiger partial charge in [-0.05, 0) is 37.5 Å². The van der Waals surface area contributed by atoms with Gasteiger partial charge in [0.25, 0.3) is 0 Å². The van der Waals surface area contributed by atoms with Gasteiger partial charge in [0.15, 0.2) is 0 Å². The summed E-state index contributed by atoms with van der Waals surface area (Å²) < 4.78 is 21.6. The molecule has 0 radical (unpaired) electrons. The van der Waals surface area contributed by atoms with Gasteiger partial charge in [-0.15, -0.1) is 0 Å². The first kappa shape index (κ1) is 16.1. The van der Waals surface area contributed by atoms with Crippen molar-refractivity contribution in [3.8, 4) is 11.5 Å². The molecule has 5 heteroatoms. The Kier molecular flexibility index (Phi) is 6.29. The van der Waals surface area contributed by atoms with E-state index < -0.39 is 6.10 Å². The van der Waals surface area contributed by atoms with Crippen LogP contribution in [0.1, 0.15) is 30.9 Å². The van der Waals surface area contributed by atoms with Gasteiger partial charge in [-0.2, -0.15) is 0 Å². The zero-order chi connectivity index (χ0) is 15.1. The largest absolute Gasteiger partial charge is 0.497 e. The summed E-state index contributed by atoms with van der Waals surface area (Å²) in [5.74, 6) is 1.31. The summed E-state index contributed by atoms with van der Waals surface area (Å²) in [7, 11) is 3.17. The quantitative estimate of drug-likeness (QED) is 0.837. The molecule has 0 aliphatic carbocycles. The monoisotopic (exact) mass is 296 g/mol. The average Bonchev–Trinajstić information content (AvgIpc) is 2.55. The predicted molar refractivity (Wildman–Crippen MR) is 78.9 cm³/mol. The van der Waals surface area contributed by atoms with Gasteiger partial charge >= 0.3 is 0 Å². The fourth-order valence-corrected chi connectivity index (χ4v) is 2.44. The van der Waals surface area contributed by atoms with Gasteiger partial charge in [-0.25, -0.2) is 0 Å². The zero-order valence-electron chi connectivity index (χ0n) is 12.7. The average molecular weight is 296 g/mol. The minimum absolute atomic E-state index is 0.151. The van der Waals surface area contributed by atoms with Crippen molar-refractivity contribution in [2.24, 2.45) is 0 Å². The molecule has 5 nitrogen and oxygen atoms in total. The van der Waals surface area contributed by atoms with Crippen LogP contribution in [0.4, 0.5) is 0 Å². The van der Waals surface area contributed by atoms with E-state index in [0.29, 0.717) is 23.7 Å². The molecule has 1 heterocycles. The lowest BCUT2D eigenvalue weighted by Gasteiger charge is -2.23. The Bertz CT molecular complexity index is 429. The maximum absolute atomic E-state index is 10.3. The van der Waals surface area contributed by atoms with Crippen LogP contribution in [0.2, 0.25) is 0 Å². The number of aliphatic hydroxyl groups is 1. The van der Waals surface area contributed by atoms with Crippen LogP contribution in [0.5, 0.6) is 11.5 Å². The minimum atomic E-state index is -0.751. The van der Waals surface area contributed by atoms with E-state index in [1.807, 2.05) is 0 Å². The maximum Gasteiger partial charge on any atom is 0.125 e. The van der Waals surface area contributed by atoms with Crippen LogP contribution in [0.25, 0.3) is 0 Å². The first-order valence-corrected chi connectivity index (χ1v) is 7.34. The van der Waals surface area contributed by atoms with E-state index in [9.17, 15) is 5.11 Å². The Hall–Kier alpha value is -1.30. The first-order valence-electron chi connectivity index (χ1n) is 7.34. The molecule has 1 aliphatic rings. The normalized spacial score (nSPS) is 20.0. The van der Waals surface area contributed by atoms with Crippen molar-refractivity contribution < 1.29 is 24.1 Å². The molecule has 0 saturated carbocycles. The second-order valence-corrected chi connectivity index (χ2v) is 5.15. The van der Waals surface area contributed by atoms with Crippen LogP contribution >= 0.6 is 0 Å². The number of hydrogen-bond acceptors (Lipinski definition) is 5. The van der Waals surface area contributed by atoms with E-state index >= 15 is 0 Å². The molecule has 0 amide bonds. The van der Waals surface area contributed by atoms with E-state index in [2.05, 4.69) is 0 Å². The summed E-state index contributed by atoms with van der Waals surface area (Å²) in [6, 6.07) is 5.34. The van der Waals surface area contributed by atoms with Crippen molar-refractivity contribution in [2.75, 3.05) is 34.0 Å². The topological polar surface area (TPSA) is 57.2 Å². The molecular formula is C16H24O5. The summed E-state index contributed by atoms with van der Waals surface area (Å²) in [4.78, 5) is 0.